The van der Waals surface area contributed by atoms with Crippen molar-refractivity contribution in [1.29, 1.82) is 0 Å². The van der Waals surface area contributed by atoms with Crippen molar-refractivity contribution in [1.82, 2.24) is 4.90 Å². The van der Waals surface area contributed by atoms with Crippen LogP contribution in [0, 0.1) is 0 Å². The van der Waals surface area contributed by atoms with Crippen LogP contribution in [0.2, 0.25) is 0 Å². The molecule has 1 aliphatic carbocycles. The summed E-state index contributed by atoms with van der Waals surface area (Å²) in [7, 11) is 1.56. The molecule has 114 valence electrons. The monoisotopic (exact) mass is 297 g/mol. The Morgan fingerprint density at radius 2 is 1.68 bits per heavy atom. The zero-order valence-corrected chi connectivity index (χ0v) is 12.5. The fourth-order valence-electron chi connectivity index (χ4n) is 3.24. The van der Waals surface area contributed by atoms with Gasteiger partial charge in [-0.1, -0.05) is 48.5 Å². The molecule has 0 saturated carbocycles. The van der Waals surface area contributed by atoms with E-state index in [0.29, 0.717) is 6.42 Å². The highest BCUT2D eigenvalue weighted by atomic mass is 16.5. The lowest BCUT2D eigenvalue weighted by Crippen LogP contribution is -2.39. The third kappa shape index (κ3) is 2.30. The molecule has 1 amide bonds. The number of amides is 1. The predicted octanol–water partition coefficient (Wildman–Crippen LogP) is 2.57. The average molecular weight is 297 g/mol. The molecule has 3 rings (SSSR count). The Bertz CT molecular complexity index is 625. The van der Waals surface area contributed by atoms with Crippen molar-refractivity contribution < 1.29 is 14.6 Å². The summed E-state index contributed by atoms with van der Waals surface area (Å²) in [4.78, 5) is 13.4. The van der Waals surface area contributed by atoms with Crippen LogP contribution in [-0.2, 0) is 9.53 Å². The first-order chi connectivity index (χ1) is 10.8. The van der Waals surface area contributed by atoms with Gasteiger partial charge in [0, 0.05) is 20.1 Å². The van der Waals surface area contributed by atoms with E-state index in [-0.39, 0.29) is 12.6 Å². The average Bonchev–Trinajstić information content (AvgIpc) is 2.90. The van der Waals surface area contributed by atoms with Crippen LogP contribution in [0.25, 0.3) is 11.1 Å². The molecule has 22 heavy (non-hydrogen) atoms. The topological polar surface area (TPSA) is 49.8 Å². The molecular formula is C18H19NO3. The fourth-order valence-corrected chi connectivity index (χ4v) is 3.24. The van der Waals surface area contributed by atoms with E-state index < -0.39 is 6.23 Å². The fraction of sp³-hybridized carbons (Fsp3) is 0.278. The zero-order chi connectivity index (χ0) is 15.5. The number of carbonyl (C=O) groups is 1. The molecule has 0 saturated heterocycles. The van der Waals surface area contributed by atoms with Crippen LogP contribution >= 0.6 is 0 Å². The maximum atomic E-state index is 11.8. The SMILES string of the molecule is COC(CCO)N(C=O)C1c2ccccc2-c2ccccc21. The second-order valence-corrected chi connectivity index (χ2v) is 5.33. The number of carbonyl (C=O) groups excluding carboxylic acids is 1. The molecule has 0 aliphatic heterocycles. The summed E-state index contributed by atoms with van der Waals surface area (Å²) in [6.07, 6.45) is 0.746. The molecule has 1 aliphatic rings. The summed E-state index contributed by atoms with van der Waals surface area (Å²) < 4.78 is 5.42. The van der Waals surface area contributed by atoms with Crippen molar-refractivity contribution in [2.75, 3.05) is 13.7 Å². The van der Waals surface area contributed by atoms with Crippen LogP contribution in [0.15, 0.2) is 48.5 Å². The van der Waals surface area contributed by atoms with Gasteiger partial charge in [-0.15, -0.1) is 0 Å². The van der Waals surface area contributed by atoms with Gasteiger partial charge in [-0.3, -0.25) is 4.79 Å². The van der Waals surface area contributed by atoms with Crippen LogP contribution in [0.3, 0.4) is 0 Å². The zero-order valence-electron chi connectivity index (χ0n) is 12.5. The second kappa shape index (κ2) is 6.30. The first-order valence-electron chi connectivity index (χ1n) is 7.36. The Hall–Kier alpha value is -2.17. The van der Waals surface area contributed by atoms with E-state index in [2.05, 4.69) is 12.1 Å². The van der Waals surface area contributed by atoms with Gasteiger partial charge < -0.3 is 14.7 Å². The van der Waals surface area contributed by atoms with E-state index in [1.165, 1.54) is 0 Å². The maximum absolute atomic E-state index is 11.8. The summed E-state index contributed by atoms with van der Waals surface area (Å²) >= 11 is 0. The van der Waals surface area contributed by atoms with Gasteiger partial charge in [0.2, 0.25) is 6.41 Å². The first kappa shape index (κ1) is 14.8. The quantitative estimate of drug-likeness (QED) is 0.658. The van der Waals surface area contributed by atoms with E-state index in [1.807, 2.05) is 36.4 Å². The highest BCUT2D eigenvalue weighted by Crippen LogP contribution is 2.46. The molecule has 0 spiro atoms. The third-order valence-electron chi connectivity index (χ3n) is 4.20. The van der Waals surface area contributed by atoms with Crippen LogP contribution in [-0.4, -0.2) is 36.4 Å². The van der Waals surface area contributed by atoms with E-state index in [1.54, 1.807) is 12.0 Å². The Balaban J connectivity index is 2.11. The van der Waals surface area contributed by atoms with Gasteiger partial charge in [0.25, 0.3) is 0 Å². The predicted molar refractivity (Wildman–Crippen MR) is 84.1 cm³/mol. The van der Waals surface area contributed by atoms with Gasteiger partial charge in [0.05, 0.1) is 6.04 Å². The third-order valence-corrected chi connectivity index (χ3v) is 4.20. The number of fused-ring (bicyclic) bond motifs is 3. The molecule has 0 bridgehead atoms. The van der Waals surface area contributed by atoms with Gasteiger partial charge in [-0.05, 0) is 22.3 Å². The number of hydrogen-bond acceptors (Lipinski definition) is 3. The van der Waals surface area contributed by atoms with E-state index in [0.717, 1.165) is 28.7 Å². The Morgan fingerprint density at radius 3 is 2.14 bits per heavy atom. The summed E-state index contributed by atoms with van der Waals surface area (Å²) in [5.74, 6) is 0. The van der Waals surface area contributed by atoms with Gasteiger partial charge in [-0.25, -0.2) is 0 Å². The van der Waals surface area contributed by atoms with E-state index in [4.69, 9.17) is 4.74 Å². The first-order valence-corrected chi connectivity index (χ1v) is 7.36. The summed E-state index contributed by atoms with van der Waals surface area (Å²) in [5, 5.41) is 9.22. The van der Waals surface area contributed by atoms with E-state index >= 15 is 0 Å². The molecule has 0 aromatic heterocycles. The molecule has 1 N–H and O–H groups in total. The van der Waals surface area contributed by atoms with Crippen LogP contribution in [0.1, 0.15) is 23.6 Å². The molecule has 2 aromatic carbocycles. The highest BCUT2D eigenvalue weighted by molar-refractivity contribution is 5.79. The normalized spacial score (nSPS) is 14.3. The standard InChI is InChI=1S/C18H19NO3/c1-22-17(10-11-20)19(12-21)18-15-8-4-2-6-13(15)14-7-3-5-9-16(14)18/h2-9,12,17-18,20H,10-11H2,1H3. The summed E-state index contributed by atoms with van der Waals surface area (Å²) in [6.45, 7) is -0.0289. The van der Waals surface area contributed by atoms with Gasteiger partial charge in [-0.2, -0.15) is 0 Å². The van der Waals surface area contributed by atoms with Crippen molar-refractivity contribution in [3.8, 4) is 11.1 Å². The minimum absolute atomic E-state index is 0.0289. The largest absolute Gasteiger partial charge is 0.396 e. The van der Waals surface area contributed by atoms with Crippen molar-refractivity contribution in [2.45, 2.75) is 18.7 Å². The smallest absolute Gasteiger partial charge is 0.212 e. The Morgan fingerprint density at radius 1 is 1.14 bits per heavy atom. The summed E-state index contributed by atoms with van der Waals surface area (Å²) in [5.41, 5.74) is 4.48. The van der Waals surface area contributed by atoms with Crippen molar-refractivity contribution in [3.05, 3.63) is 59.7 Å². The number of ether oxygens (including phenoxy) is 1. The lowest BCUT2D eigenvalue weighted by atomic mass is 10.0. The van der Waals surface area contributed by atoms with Crippen molar-refractivity contribution >= 4 is 6.41 Å². The minimum Gasteiger partial charge on any atom is -0.396 e. The maximum Gasteiger partial charge on any atom is 0.212 e. The van der Waals surface area contributed by atoms with Crippen LogP contribution in [0.5, 0.6) is 0 Å². The number of rotatable bonds is 6. The van der Waals surface area contributed by atoms with Gasteiger partial charge in [0.15, 0.2) is 0 Å². The number of hydrogen-bond donors (Lipinski definition) is 1. The number of methoxy groups -OCH3 is 1. The number of aliphatic hydroxyl groups excluding tert-OH is 1. The van der Waals surface area contributed by atoms with Crippen molar-refractivity contribution in [3.63, 3.8) is 0 Å². The molecule has 2 aromatic rings. The Labute approximate surface area is 130 Å². The van der Waals surface area contributed by atoms with Crippen LogP contribution in [0.4, 0.5) is 0 Å². The van der Waals surface area contributed by atoms with Crippen molar-refractivity contribution in [2.24, 2.45) is 0 Å². The molecule has 4 nitrogen and oxygen atoms in total. The molecule has 1 unspecified atom stereocenters. The van der Waals surface area contributed by atoms with E-state index in [9.17, 15) is 9.90 Å². The second-order valence-electron chi connectivity index (χ2n) is 5.33. The number of nitrogens with zero attached hydrogens (tertiary/aromatic N) is 1. The number of aliphatic hydroxyl groups is 1. The summed E-state index contributed by atoms with van der Waals surface area (Å²) in [6, 6.07) is 16.0. The number of benzene rings is 2. The van der Waals surface area contributed by atoms with Gasteiger partial charge in [0.1, 0.15) is 6.23 Å². The molecular weight excluding hydrogens is 278 g/mol. The molecule has 0 fully saturated rings. The molecule has 1 atom stereocenters. The molecule has 4 heteroatoms. The lowest BCUT2D eigenvalue weighted by molar-refractivity contribution is -0.134. The highest BCUT2D eigenvalue weighted by Gasteiger charge is 2.35. The molecule has 0 heterocycles. The minimum atomic E-state index is -0.452. The Kier molecular flexibility index (Phi) is 4.22. The van der Waals surface area contributed by atoms with Gasteiger partial charge >= 0.3 is 0 Å². The lowest BCUT2D eigenvalue weighted by Gasteiger charge is -2.33. The molecule has 0 radical (unpaired) electrons. The van der Waals surface area contributed by atoms with Crippen LogP contribution < -0.4 is 0 Å².